The van der Waals surface area contributed by atoms with E-state index < -0.39 is 64.6 Å². The summed E-state index contributed by atoms with van der Waals surface area (Å²) in [6.45, 7) is 7.66. The molecule has 2 rings (SSSR count). The van der Waals surface area contributed by atoms with Crippen molar-refractivity contribution >= 4 is 34.5 Å². The van der Waals surface area contributed by atoms with Gasteiger partial charge in [0.1, 0.15) is 11.7 Å². The molecule has 0 aliphatic carbocycles. The van der Waals surface area contributed by atoms with E-state index >= 15 is 0 Å². The quantitative estimate of drug-likeness (QED) is 0.329. The van der Waals surface area contributed by atoms with Gasteiger partial charge in [-0.25, -0.2) is 0 Å². The van der Waals surface area contributed by atoms with Crippen molar-refractivity contribution in [2.45, 2.75) is 93.7 Å². The first-order valence-electron chi connectivity index (χ1n) is 9.17. The summed E-state index contributed by atoms with van der Waals surface area (Å²) in [6.07, 6.45) is -4.11. The number of ether oxygens (including phenoxy) is 6. The average molecular weight is 516 g/mol. The molecule has 9 nitrogen and oxygen atoms in total. The molecule has 0 aromatic heterocycles. The van der Waals surface area contributed by atoms with Crippen molar-refractivity contribution in [2.24, 2.45) is 0 Å². The second-order valence-corrected chi connectivity index (χ2v) is 8.70. The number of alkyl halides is 1. The molecule has 0 aromatic rings. The van der Waals surface area contributed by atoms with Crippen LogP contribution in [0.15, 0.2) is 0 Å². The minimum absolute atomic E-state index is 0.325. The van der Waals surface area contributed by atoms with Crippen molar-refractivity contribution < 1.29 is 43.1 Å². The molecule has 0 aromatic carbocycles. The van der Waals surface area contributed by atoms with Gasteiger partial charge in [-0.2, -0.15) is 0 Å². The van der Waals surface area contributed by atoms with E-state index in [4.69, 9.17) is 28.4 Å². The van der Waals surface area contributed by atoms with Crippen molar-refractivity contribution in [1.82, 2.24) is 0 Å². The van der Waals surface area contributed by atoms with Gasteiger partial charge >= 0.3 is 11.9 Å². The number of halogens is 1. The van der Waals surface area contributed by atoms with E-state index in [1.807, 2.05) is 22.6 Å². The van der Waals surface area contributed by atoms with E-state index in [9.17, 15) is 14.7 Å². The number of esters is 2. The normalized spacial score (nSPS) is 44.0. The fourth-order valence-electron chi connectivity index (χ4n) is 3.57. The highest BCUT2D eigenvalue weighted by Gasteiger charge is 2.54. The molecule has 0 unspecified atom stereocenters. The van der Waals surface area contributed by atoms with Gasteiger partial charge < -0.3 is 33.5 Å². The van der Waals surface area contributed by atoms with Crippen LogP contribution in [0.3, 0.4) is 0 Å². The van der Waals surface area contributed by atoms with Gasteiger partial charge in [0.2, 0.25) is 0 Å². The lowest BCUT2D eigenvalue weighted by molar-refractivity contribution is -0.312. The van der Waals surface area contributed by atoms with Gasteiger partial charge in [0.25, 0.3) is 0 Å². The number of aliphatic hydroxyl groups is 1. The van der Waals surface area contributed by atoms with Gasteiger partial charge in [-0.05, 0) is 20.8 Å². The summed E-state index contributed by atoms with van der Waals surface area (Å²) in [5, 5.41) is 11.0. The summed E-state index contributed by atoms with van der Waals surface area (Å²) in [7, 11) is 1.52. The Hall–Kier alpha value is -0.530. The van der Waals surface area contributed by atoms with Crippen LogP contribution in [0, 0.1) is 0 Å². The molecule has 162 valence electrons. The fourth-order valence-corrected chi connectivity index (χ4v) is 4.27. The highest BCUT2D eigenvalue weighted by Crippen LogP contribution is 2.39. The average Bonchev–Trinajstić information content (AvgIpc) is 2.59. The van der Waals surface area contributed by atoms with Crippen LogP contribution in [0.1, 0.15) is 41.0 Å². The third-order valence-electron chi connectivity index (χ3n) is 4.94. The molecule has 0 spiro atoms. The topological polar surface area (TPSA) is 110 Å². The van der Waals surface area contributed by atoms with E-state index in [1.165, 1.54) is 21.0 Å². The van der Waals surface area contributed by atoms with Crippen LogP contribution in [-0.2, 0) is 38.0 Å². The summed E-state index contributed by atoms with van der Waals surface area (Å²) in [4.78, 5) is 22.9. The Morgan fingerprint density at radius 1 is 1.11 bits per heavy atom. The zero-order chi connectivity index (χ0) is 21.2. The summed E-state index contributed by atoms with van der Waals surface area (Å²) in [5.74, 6) is -0.949. The van der Waals surface area contributed by atoms with Crippen LogP contribution in [0.25, 0.3) is 0 Å². The number of carbonyl (C=O) groups excluding carboxylic acids is 2. The Morgan fingerprint density at radius 2 is 1.71 bits per heavy atom. The van der Waals surface area contributed by atoms with E-state index in [0.29, 0.717) is 6.42 Å². The smallest absolute Gasteiger partial charge is 0.303 e. The maximum Gasteiger partial charge on any atom is 0.303 e. The maximum atomic E-state index is 11.5. The zero-order valence-corrected chi connectivity index (χ0v) is 19.1. The molecule has 0 bridgehead atoms. The van der Waals surface area contributed by atoms with Crippen LogP contribution in [-0.4, -0.2) is 76.8 Å². The number of carbonyl (C=O) groups is 2. The van der Waals surface area contributed by atoms with Crippen molar-refractivity contribution in [3.63, 3.8) is 0 Å². The number of hydrogen-bond donors (Lipinski definition) is 1. The molecule has 10 heteroatoms. The largest absolute Gasteiger partial charge is 0.457 e. The molecule has 1 N–H and O–H groups in total. The zero-order valence-electron chi connectivity index (χ0n) is 16.9. The van der Waals surface area contributed by atoms with Gasteiger partial charge in [0.05, 0.1) is 16.1 Å². The summed E-state index contributed by atoms with van der Waals surface area (Å²) in [6, 6.07) is 0. The second-order valence-electron chi connectivity index (χ2n) is 7.36. The first kappa shape index (κ1) is 23.7. The molecule has 28 heavy (non-hydrogen) atoms. The molecule has 0 radical (unpaired) electrons. The molecule has 0 saturated carbocycles. The lowest BCUT2D eigenvalue weighted by atomic mass is 9.88. The van der Waals surface area contributed by atoms with Crippen molar-refractivity contribution in [3.05, 3.63) is 0 Å². The molecule has 0 amide bonds. The van der Waals surface area contributed by atoms with Gasteiger partial charge in [-0.3, -0.25) is 9.59 Å². The Balaban J connectivity index is 2.19. The lowest BCUT2D eigenvalue weighted by Crippen LogP contribution is -2.65. The standard InChI is InChI=1S/C18H29IO9/c1-8-14(26-10(3)20)12(7-13(23-6)24-8)28-17-15(19)18(5,22)16(9(2)25-17)27-11(4)21/h8-9,12-17,22H,7H2,1-6H3/t8-,9+,12-,13-,14-,15+,16+,17+,18+/m1/s1. The van der Waals surface area contributed by atoms with E-state index in [1.54, 1.807) is 20.8 Å². The second kappa shape index (κ2) is 9.52. The molecule has 2 aliphatic heterocycles. The molecule has 2 aliphatic rings. The molecular formula is C18H29IO9. The van der Waals surface area contributed by atoms with Crippen molar-refractivity contribution in [3.8, 4) is 0 Å². The van der Waals surface area contributed by atoms with Crippen molar-refractivity contribution in [2.75, 3.05) is 7.11 Å². The van der Waals surface area contributed by atoms with Crippen LogP contribution in [0.2, 0.25) is 0 Å². The van der Waals surface area contributed by atoms with Crippen LogP contribution >= 0.6 is 22.6 Å². The van der Waals surface area contributed by atoms with Crippen LogP contribution < -0.4 is 0 Å². The molecule has 2 saturated heterocycles. The van der Waals surface area contributed by atoms with E-state index in [0.717, 1.165) is 0 Å². The summed E-state index contributed by atoms with van der Waals surface area (Å²) >= 11 is 2.02. The van der Waals surface area contributed by atoms with Gasteiger partial charge in [0, 0.05) is 27.4 Å². The Labute approximate surface area is 178 Å². The Bertz CT molecular complexity index is 569. The summed E-state index contributed by atoms with van der Waals surface area (Å²) < 4.78 is 33.2. The number of hydrogen-bond acceptors (Lipinski definition) is 9. The highest BCUT2D eigenvalue weighted by atomic mass is 127. The first-order chi connectivity index (χ1) is 13.0. The SMILES string of the molecule is CO[C@H]1C[C@@H](O[C@@H]2O[C@@H](C)[C@H](OC(C)=O)[C@@](C)(O)[C@H]2I)[C@H](OC(C)=O)[C@@H](C)O1. The molecule has 2 heterocycles. The Morgan fingerprint density at radius 3 is 2.25 bits per heavy atom. The number of rotatable bonds is 5. The summed E-state index contributed by atoms with van der Waals surface area (Å²) in [5.41, 5.74) is -1.39. The third kappa shape index (κ3) is 5.33. The lowest BCUT2D eigenvalue weighted by Gasteiger charge is -2.49. The Kier molecular flexibility index (Phi) is 8.07. The van der Waals surface area contributed by atoms with Gasteiger partial charge in [-0.1, -0.05) is 22.6 Å². The minimum Gasteiger partial charge on any atom is -0.457 e. The monoisotopic (exact) mass is 516 g/mol. The molecule has 2 fully saturated rings. The predicted molar refractivity (Wildman–Crippen MR) is 105 cm³/mol. The molecular weight excluding hydrogens is 487 g/mol. The maximum absolute atomic E-state index is 11.5. The van der Waals surface area contributed by atoms with Gasteiger partial charge in [-0.15, -0.1) is 0 Å². The van der Waals surface area contributed by atoms with E-state index in [2.05, 4.69) is 0 Å². The van der Waals surface area contributed by atoms with E-state index in [-0.39, 0.29) is 0 Å². The molecule has 9 atom stereocenters. The van der Waals surface area contributed by atoms with Crippen LogP contribution in [0.4, 0.5) is 0 Å². The highest BCUT2D eigenvalue weighted by molar-refractivity contribution is 14.1. The first-order valence-corrected chi connectivity index (χ1v) is 10.4. The van der Waals surface area contributed by atoms with Gasteiger partial charge in [0.15, 0.2) is 24.8 Å². The number of methoxy groups -OCH3 is 1. The van der Waals surface area contributed by atoms with Crippen molar-refractivity contribution in [1.29, 1.82) is 0 Å². The predicted octanol–water partition coefficient (Wildman–Crippen LogP) is 1.32. The van der Waals surface area contributed by atoms with Crippen LogP contribution in [0.5, 0.6) is 0 Å². The fraction of sp³-hybridized carbons (Fsp3) is 0.889. The minimum atomic E-state index is -1.39. The third-order valence-corrected chi connectivity index (χ3v) is 6.78.